The summed E-state index contributed by atoms with van der Waals surface area (Å²) in [6, 6.07) is 3.93. The van der Waals surface area contributed by atoms with Crippen molar-refractivity contribution >= 4 is 5.91 Å². The van der Waals surface area contributed by atoms with E-state index >= 15 is 0 Å². The molecule has 0 aromatic heterocycles. The lowest BCUT2D eigenvalue weighted by atomic mass is 10.1. The van der Waals surface area contributed by atoms with Gasteiger partial charge in [-0.15, -0.1) is 0 Å². The Hall–Kier alpha value is -1.71. The maximum atomic E-state index is 11.8. The number of rotatable bonds is 2. The van der Waals surface area contributed by atoms with Crippen molar-refractivity contribution in [3.05, 3.63) is 23.8 Å². The molecule has 0 saturated carbocycles. The zero-order valence-electron chi connectivity index (χ0n) is 9.06. The third kappa shape index (κ3) is 2.62. The molecule has 0 radical (unpaired) electrons. The molecule has 1 aromatic rings. The third-order valence-corrected chi connectivity index (χ3v) is 2.24. The van der Waals surface area contributed by atoms with Gasteiger partial charge in [0.25, 0.3) is 5.91 Å². The summed E-state index contributed by atoms with van der Waals surface area (Å²) in [4.78, 5) is 13.3. The van der Waals surface area contributed by atoms with Crippen LogP contribution in [0.15, 0.2) is 18.2 Å². The van der Waals surface area contributed by atoms with E-state index in [9.17, 15) is 15.0 Å². The summed E-state index contributed by atoms with van der Waals surface area (Å²) in [5, 5.41) is 18.5. The standard InChI is InChI=1S/C11H15NO3/c1-7(2)12(3)11(15)8-4-9(13)6-10(14)5-8/h4-7,13-14H,1-3H3. The van der Waals surface area contributed by atoms with Crippen LogP contribution in [0.4, 0.5) is 0 Å². The largest absolute Gasteiger partial charge is 0.508 e. The van der Waals surface area contributed by atoms with Gasteiger partial charge < -0.3 is 15.1 Å². The minimum absolute atomic E-state index is 0.0713. The van der Waals surface area contributed by atoms with Gasteiger partial charge in [-0.2, -0.15) is 0 Å². The first-order valence-electron chi connectivity index (χ1n) is 4.72. The first-order chi connectivity index (χ1) is 6.91. The second-order valence-electron chi connectivity index (χ2n) is 3.75. The first kappa shape index (κ1) is 11.4. The predicted octanol–water partition coefficient (Wildman–Crippen LogP) is 1.58. The maximum Gasteiger partial charge on any atom is 0.254 e. The van der Waals surface area contributed by atoms with Gasteiger partial charge in [0, 0.05) is 24.7 Å². The van der Waals surface area contributed by atoms with Gasteiger partial charge in [-0.05, 0) is 26.0 Å². The molecule has 1 rings (SSSR count). The molecule has 15 heavy (non-hydrogen) atoms. The van der Waals surface area contributed by atoms with Crippen LogP contribution in [0.2, 0.25) is 0 Å². The zero-order valence-corrected chi connectivity index (χ0v) is 9.06. The highest BCUT2D eigenvalue weighted by Gasteiger charge is 2.15. The Kier molecular flexibility index (Phi) is 3.19. The molecule has 0 saturated heterocycles. The van der Waals surface area contributed by atoms with E-state index in [0.717, 1.165) is 0 Å². The molecule has 2 N–H and O–H groups in total. The Morgan fingerprint density at radius 3 is 2.07 bits per heavy atom. The molecule has 0 bridgehead atoms. The van der Waals surface area contributed by atoms with Crippen molar-refractivity contribution in [1.82, 2.24) is 4.90 Å². The number of benzene rings is 1. The Bertz CT molecular complexity index is 354. The minimum Gasteiger partial charge on any atom is -0.508 e. The quantitative estimate of drug-likeness (QED) is 0.777. The molecule has 82 valence electrons. The van der Waals surface area contributed by atoms with E-state index in [1.807, 2.05) is 13.8 Å². The molecule has 4 nitrogen and oxygen atoms in total. The topological polar surface area (TPSA) is 60.8 Å². The lowest BCUT2D eigenvalue weighted by molar-refractivity contribution is 0.0754. The van der Waals surface area contributed by atoms with Crippen LogP contribution in [-0.2, 0) is 0 Å². The van der Waals surface area contributed by atoms with E-state index in [-0.39, 0.29) is 29.0 Å². The van der Waals surface area contributed by atoms with Crippen LogP contribution in [-0.4, -0.2) is 34.1 Å². The van der Waals surface area contributed by atoms with E-state index in [1.165, 1.54) is 23.1 Å². The van der Waals surface area contributed by atoms with Crippen molar-refractivity contribution in [2.45, 2.75) is 19.9 Å². The molecule has 0 unspecified atom stereocenters. The summed E-state index contributed by atoms with van der Waals surface area (Å²) >= 11 is 0. The normalized spacial score (nSPS) is 10.4. The summed E-state index contributed by atoms with van der Waals surface area (Å²) in [6.45, 7) is 3.78. The molecule has 1 aromatic carbocycles. The van der Waals surface area contributed by atoms with Crippen LogP contribution in [0.5, 0.6) is 11.5 Å². The molecule has 1 amide bonds. The maximum absolute atomic E-state index is 11.8. The van der Waals surface area contributed by atoms with Gasteiger partial charge in [0.2, 0.25) is 0 Å². The lowest BCUT2D eigenvalue weighted by Crippen LogP contribution is -2.32. The van der Waals surface area contributed by atoms with Crippen molar-refractivity contribution in [3.8, 4) is 11.5 Å². The number of phenols is 2. The molecule has 0 atom stereocenters. The van der Waals surface area contributed by atoms with Crippen LogP contribution in [0.1, 0.15) is 24.2 Å². The van der Waals surface area contributed by atoms with Gasteiger partial charge in [-0.1, -0.05) is 0 Å². The Morgan fingerprint density at radius 2 is 1.67 bits per heavy atom. The molecular weight excluding hydrogens is 194 g/mol. The highest BCUT2D eigenvalue weighted by atomic mass is 16.3. The van der Waals surface area contributed by atoms with E-state index in [2.05, 4.69) is 0 Å². The van der Waals surface area contributed by atoms with Crippen molar-refractivity contribution in [3.63, 3.8) is 0 Å². The zero-order chi connectivity index (χ0) is 11.6. The van der Waals surface area contributed by atoms with Gasteiger partial charge in [0.15, 0.2) is 0 Å². The number of hydrogen-bond acceptors (Lipinski definition) is 3. The average Bonchev–Trinajstić information content (AvgIpc) is 2.13. The summed E-state index contributed by atoms with van der Waals surface area (Å²) in [5.74, 6) is -0.456. The van der Waals surface area contributed by atoms with Crippen LogP contribution < -0.4 is 0 Å². The third-order valence-electron chi connectivity index (χ3n) is 2.24. The van der Waals surface area contributed by atoms with Crippen LogP contribution in [0.3, 0.4) is 0 Å². The van der Waals surface area contributed by atoms with Crippen LogP contribution >= 0.6 is 0 Å². The predicted molar refractivity (Wildman–Crippen MR) is 57.0 cm³/mol. The number of hydrogen-bond donors (Lipinski definition) is 2. The van der Waals surface area contributed by atoms with E-state index in [0.29, 0.717) is 0 Å². The highest BCUT2D eigenvalue weighted by Crippen LogP contribution is 2.21. The fourth-order valence-electron chi connectivity index (χ4n) is 1.16. The number of amides is 1. The van der Waals surface area contributed by atoms with E-state index in [1.54, 1.807) is 7.05 Å². The second-order valence-corrected chi connectivity index (χ2v) is 3.75. The summed E-state index contributed by atoms with van der Waals surface area (Å²) in [5.41, 5.74) is 0.281. The van der Waals surface area contributed by atoms with Crippen molar-refractivity contribution in [2.75, 3.05) is 7.05 Å². The lowest BCUT2D eigenvalue weighted by Gasteiger charge is -2.21. The molecule has 0 heterocycles. The molecule has 0 aliphatic heterocycles. The van der Waals surface area contributed by atoms with Crippen molar-refractivity contribution in [2.24, 2.45) is 0 Å². The van der Waals surface area contributed by atoms with E-state index < -0.39 is 0 Å². The number of phenolic OH excluding ortho intramolecular Hbond substituents is 2. The molecule has 4 heteroatoms. The average molecular weight is 209 g/mol. The van der Waals surface area contributed by atoms with Gasteiger partial charge in [-0.25, -0.2) is 0 Å². The van der Waals surface area contributed by atoms with Crippen molar-refractivity contribution in [1.29, 1.82) is 0 Å². The molecule has 0 aliphatic carbocycles. The van der Waals surface area contributed by atoms with Gasteiger partial charge >= 0.3 is 0 Å². The van der Waals surface area contributed by atoms with Crippen LogP contribution in [0, 0.1) is 0 Å². The van der Waals surface area contributed by atoms with Crippen molar-refractivity contribution < 1.29 is 15.0 Å². The fourth-order valence-corrected chi connectivity index (χ4v) is 1.16. The van der Waals surface area contributed by atoms with Gasteiger partial charge in [-0.3, -0.25) is 4.79 Å². The SMILES string of the molecule is CC(C)N(C)C(=O)c1cc(O)cc(O)c1. The Labute approximate surface area is 88.8 Å². The monoisotopic (exact) mass is 209 g/mol. The highest BCUT2D eigenvalue weighted by molar-refractivity contribution is 5.95. The molecule has 0 spiro atoms. The summed E-state index contributed by atoms with van der Waals surface area (Å²) in [7, 11) is 1.67. The minimum atomic E-state index is -0.226. The molecular formula is C11H15NO3. The molecule has 0 fully saturated rings. The van der Waals surface area contributed by atoms with Gasteiger partial charge in [0.05, 0.1) is 0 Å². The Balaban J connectivity index is 3.01. The summed E-state index contributed by atoms with van der Waals surface area (Å²) in [6.07, 6.45) is 0. The fraction of sp³-hybridized carbons (Fsp3) is 0.364. The van der Waals surface area contributed by atoms with Crippen LogP contribution in [0.25, 0.3) is 0 Å². The number of aromatic hydroxyl groups is 2. The number of carbonyl (C=O) groups is 1. The van der Waals surface area contributed by atoms with E-state index in [4.69, 9.17) is 0 Å². The smallest absolute Gasteiger partial charge is 0.254 e. The Morgan fingerprint density at radius 1 is 1.20 bits per heavy atom. The number of carbonyl (C=O) groups excluding carboxylic acids is 1. The summed E-state index contributed by atoms with van der Waals surface area (Å²) < 4.78 is 0. The first-order valence-corrected chi connectivity index (χ1v) is 4.72. The second kappa shape index (κ2) is 4.21. The molecule has 0 aliphatic rings. The van der Waals surface area contributed by atoms with Gasteiger partial charge in [0.1, 0.15) is 11.5 Å². The number of nitrogens with zero attached hydrogens (tertiary/aromatic N) is 1.